The summed E-state index contributed by atoms with van der Waals surface area (Å²) in [6, 6.07) is 7.31. The number of aromatic nitrogens is 2. The van der Waals surface area contributed by atoms with Gasteiger partial charge in [0.05, 0.1) is 14.2 Å². The molecule has 2 aromatic rings. The number of nitrogens with one attached hydrogen (secondary N) is 1. The van der Waals surface area contributed by atoms with Gasteiger partial charge in [-0.3, -0.25) is 9.48 Å². The lowest BCUT2D eigenvalue weighted by atomic mass is 10.1. The SMILES string of the molecule is COc1ccc(CCNC(=O)C(C)n2nccc2C)cc1OC. The molecule has 6 heteroatoms. The van der Waals surface area contributed by atoms with Gasteiger partial charge in [-0.15, -0.1) is 0 Å². The van der Waals surface area contributed by atoms with Gasteiger partial charge in [-0.2, -0.15) is 5.10 Å². The van der Waals surface area contributed by atoms with Crippen molar-refractivity contribution in [2.24, 2.45) is 0 Å². The van der Waals surface area contributed by atoms with Crippen molar-refractivity contribution in [1.29, 1.82) is 0 Å². The normalized spacial score (nSPS) is 11.8. The Hall–Kier alpha value is -2.50. The zero-order chi connectivity index (χ0) is 16.8. The highest BCUT2D eigenvalue weighted by Crippen LogP contribution is 2.27. The van der Waals surface area contributed by atoms with Crippen LogP contribution in [0.15, 0.2) is 30.5 Å². The van der Waals surface area contributed by atoms with E-state index in [1.807, 2.05) is 38.1 Å². The van der Waals surface area contributed by atoms with E-state index in [1.165, 1.54) is 0 Å². The van der Waals surface area contributed by atoms with Crippen LogP contribution in [0, 0.1) is 6.92 Å². The van der Waals surface area contributed by atoms with Gasteiger partial charge in [0, 0.05) is 18.4 Å². The van der Waals surface area contributed by atoms with Crippen LogP contribution in [0.2, 0.25) is 0 Å². The van der Waals surface area contributed by atoms with Crippen LogP contribution in [-0.2, 0) is 11.2 Å². The van der Waals surface area contributed by atoms with E-state index in [9.17, 15) is 4.79 Å². The van der Waals surface area contributed by atoms with E-state index in [4.69, 9.17) is 9.47 Å². The summed E-state index contributed by atoms with van der Waals surface area (Å²) in [5.41, 5.74) is 2.04. The Kier molecular flexibility index (Phi) is 5.62. The zero-order valence-electron chi connectivity index (χ0n) is 14.0. The minimum absolute atomic E-state index is 0.0442. The number of hydrogen-bond donors (Lipinski definition) is 1. The van der Waals surface area contributed by atoms with Crippen molar-refractivity contribution in [3.05, 3.63) is 41.7 Å². The molecule has 0 aliphatic carbocycles. The third-order valence-electron chi connectivity index (χ3n) is 3.78. The largest absolute Gasteiger partial charge is 0.493 e. The van der Waals surface area contributed by atoms with Crippen LogP contribution >= 0.6 is 0 Å². The Labute approximate surface area is 136 Å². The van der Waals surface area contributed by atoms with Crippen LogP contribution in [0.3, 0.4) is 0 Å². The van der Waals surface area contributed by atoms with E-state index in [-0.39, 0.29) is 11.9 Å². The molecule has 1 heterocycles. The number of ether oxygens (including phenoxy) is 2. The number of aryl methyl sites for hydroxylation is 1. The summed E-state index contributed by atoms with van der Waals surface area (Å²) in [5.74, 6) is 1.34. The zero-order valence-corrected chi connectivity index (χ0v) is 14.0. The Morgan fingerprint density at radius 1 is 1.26 bits per heavy atom. The average Bonchev–Trinajstić information content (AvgIpc) is 2.99. The van der Waals surface area contributed by atoms with Crippen molar-refractivity contribution < 1.29 is 14.3 Å². The first-order valence-electron chi connectivity index (χ1n) is 7.55. The van der Waals surface area contributed by atoms with Gasteiger partial charge in [0.1, 0.15) is 6.04 Å². The van der Waals surface area contributed by atoms with Crippen molar-refractivity contribution in [1.82, 2.24) is 15.1 Å². The van der Waals surface area contributed by atoms with Gasteiger partial charge >= 0.3 is 0 Å². The molecule has 0 saturated heterocycles. The third-order valence-corrected chi connectivity index (χ3v) is 3.78. The maximum absolute atomic E-state index is 12.2. The van der Waals surface area contributed by atoms with Crippen molar-refractivity contribution in [3.63, 3.8) is 0 Å². The second-order valence-corrected chi connectivity index (χ2v) is 5.32. The van der Waals surface area contributed by atoms with Gasteiger partial charge in [0.2, 0.25) is 5.91 Å². The van der Waals surface area contributed by atoms with E-state index in [1.54, 1.807) is 25.1 Å². The van der Waals surface area contributed by atoms with Crippen LogP contribution in [0.25, 0.3) is 0 Å². The summed E-state index contributed by atoms with van der Waals surface area (Å²) >= 11 is 0. The molecular formula is C17H23N3O3. The molecule has 1 N–H and O–H groups in total. The van der Waals surface area contributed by atoms with E-state index in [0.717, 1.165) is 17.7 Å². The number of rotatable bonds is 7. The van der Waals surface area contributed by atoms with Crippen molar-refractivity contribution >= 4 is 5.91 Å². The minimum Gasteiger partial charge on any atom is -0.493 e. The van der Waals surface area contributed by atoms with Crippen LogP contribution < -0.4 is 14.8 Å². The molecule has 124 valence electrons. The van der Waals surface area contributed by atoms with Crippen molar-refractivity contribution in [2.45, 2.75) is 26.3 Å². The fourth-order valence-corrected chi connectivity index (χ4v) is 2.41. The first-order valence-corrected chi connectivity index (χ1v) is 7.55. The summed E-state index contributed by atoms with van der Waals surface area (Å²) in [6.45, 7) is 4.32. The van der Waals surface area contributed by atoms with Gasteiger partial charge in [0.25, 0.3) is 0 Å². The molecule has 1 aromatic heterocycles. The lowest BCUT2D eigenvalue weighted by molar-refractivity contribution is -0.124. The molecule has 0 spiro atoms. The summed E-state index contributed by atoms with van der Waals surface area (Å²) < 4.78 is 12.2. The van der Waals surface area contributed by atoms with Crippen LogP contribution in [0.1, 0.15) is 24.2 Å². The smallest absolute Gasteiger partial charge is 0.244 e. The Morgan fingerprint density at radius 2 is 2.00 bits per heavy atom. The standard InChI is InChI=1S/C17H23N3O3/c1-12-7-10-19-20(12)13(2)17(21)18-9-8-14-5-6-15(22-3)16(11-14)23-4/h5-7,10-11,13H,8-9H2,1-4H3,(H,18,21). The monoisotopic (exact) mass is 317 g/mol. The summed E-state index contributed by atoms with van der Waals surface area (Å²) in [5, 5.41) is 7.11. The number of carbonyl (C=O) groups excluding carboxylic acids is 1. The van der Waals surface area contributed by atoms with E-state index < -0.39 is 0 Å². The summed E-state index contributed by atoms with van der Waals surface area (Å²) in [7, 11) is 3.22. The summed E-state index contributed by atoms with van der Waals surface area (Å²) in [4.78, 5) is 12.2. The number of nitrogens with zero attached hydrogens (tertiary/aromatic N) is 2. The highest BCUT2D eigenvalue weighted by molar-refractivity contribution is 5.79. The average molecular weight is 317 g/mol. The topological polar surface area (TPSA) is 65.4 Å². The molecule has 0 bridgehead atoms. The highest BCUT2D eigenvalue weighted by atomic mass is 16.5. The van der Waals surface area contributed by atoms with Crippen LogP contribution in [0.5, 0.6) is 11.5 Å². The second-order valence-electron chi connectivity index (χ2n) is 5.32. The van der Waals surface area contributed by atoms with Gasteiger partial charge in [-0.1, -0.05) is 6.07 Å². The molecular weight excluding hydrogens is 294 g/mol. The van der Waals surface area contributed by atoms with Crippen molar-refractivity contribution in [2.75, 3.05) is 20.8 Å². The Bertz CT molecular complexity index is 667. The molecule has 2 rings (SSSR count). The Morgan fingerprint density at radius 3 is 2.61 bits per heavy atom. The molecule has 0 aliphatic rings. The second kappa shape index (κ2) is 7.67. The first kappa shape index (κ1) is 16.9. The molecule has 1 aromatic carbocycles. The van der Waals surface area contributed by atoms with Crippen LogP contribution in [-0.4, -0.2) is 36.5 Å². The van der Waals surface area contributed by atoms with Gasteiger partial charge in [0.15, 0.2) is 11.5 Å². The lowest BCUT2D eigenvalue weighted by Gasteiger charge is -2.15. The molecule has 1 amide bonds. The number of amides is 1. The minimum atomic E-state index is -0.324. The number of carbonyl (C=O) groups is 1. The fourth-order valence-electron chi connectivity index (χ4n) is 2.41. The molecule has 0 fully saturated rings. The third kappa shape index (κ3) is 4.03. The van der Waals surface area contributed by atoms with Gasteiger partial charge < -0.3 is 14.8 Å². The quantitative estimate of drug-likeness (QED) is 0.849. The first-order chi connectivity index (χ1) is 11.1. The molecule has 0 saturated carbocycles. The van der Waals surface area contributed by atoms with Gasteiger partial charge in [-0.05, 0) is 44.0 Å². The molecule has 0 aliphatic heterocycles. The maximum atomic E-state index is 12.2. The molecule has 1 unspecified atom stereocenters. The Balaban J connectivity index is 1.89. The molecule has 0 radical (unpaired) electrons. The number of hydrogen-bond acceptors (Lipinski definition) is 4. The van der Waals surface area contributed by atoms with E-state index in [0.29, 0.717) is 18.0 Å². The van der Waals surface area contributed by atoms with Crippen molar-refractivity contribution in [3.8, 4) is 11.5 Å². The lowest BCUT2D eigenvalue weighted by Crippen LogP contribution is -2.33. The molecule has 1 atom stereocenters. The van der Waals surface area contributed by atoms with Crippen LogP contribution in [0.4, 0.5) is 0 Å². The maximum Gasteiger partial charge on any atom is 0.244 e. The van der Waals surface area contributed by atoms with Gasteiger partial charge in [-0.25, -0.2) is 0 Å². The highest BCUT2D eigenvalue weighted by Gasteiger charge is 2.16. The number of methoxy groups -OCH3 is 2. The molecule has 6 nitrogen and oxygen atoms in total. The predicted octanol–water partition coefficient (Wildman–Crippen LogP) is 2.13. The predicted molar refractivity (Wildman–Crippen MR) is 87.9 cm³/mol. The van der Waals surface area contributed by atoms with E-state index >= 15 is 0 Å². The fraction of sp³-hybridized carbons (Fsp3) is 0.412. The molecule has 23 heavy (non-hydrogen) atoms. The summed E-state index contributed by atoms with van der Waals surface area (Å²) in [6.07, 6.45) is 2.42. The van der Waals surface area contributed by atoms with E-state index in [2.05, 4.69) is 10.4 Å². The number of benzene rings is 1.